The zero-order chi connectivity index (χ0) is 20.8. The number of nitrogens with zero attached hydrogens (tertiary/aromatic N) is 3. The molecule has 0 saturated carbocycles. The number of nitro groups is 1. The van der Waals surface area contributed by atoms with Gasteiger partial charge < -0.3 is 0 Å². The Morgan fingerprint density at radius 1 is 1.13 bits per heavy atom. The molecule has 0 amide bonds. The summed E-state index contributed by atoms with van der Waals surface area (Å²) in [6.45, 7) is 2.61. The second-order valence-electron chi connectivity index (χ2n) is 7.24. The molecule has 0 bridgehead atoms. The highest BCUT2D eigenvalue weighted by molar-refractivity contribution is 7.19. The van der Waals surface area contributed by atoms with Gasteiger partial charge in [0.2, 0.25) is 0 Å². The summed E-state index contributed by atoms with van der Waals surface area (Å²) >= 11 is 1.54. The van der Waals surface area contributed by atoms with E-state index < -0.39 is 4.92 Å². The van der Waals surface area contributed by atoms with E-state index in [9.17, 15) is 14.9 Å². The smallest absolute Gasteiger partial charge is 0.269 e. The van der Waals surface area contributed by atoms with E-state index in [0.29, 0.717) is 24.2 Å². The second kappa shape index (κ2) is 7.03. The first-order chi connectivity index (χ1) is 14.5. The van der Waals surface area contributed by atoms with Crippen LogP contribution in [0, 0.1) is 17.0 Å². The van der Waals surface area contributed by atoms with Crippen LogP contribution in [0.25, 0.3) is 33.0 Å². The Kier molecular flexibility index (Phi) is 4.33. The van der Waals surface area contributed by atoms with Crippen molar-refractivity contribution in [2.24, 2.45) is 0 Å². The van der Waals surface area contributed by atoms with Gasteiger partial charge in [-0.15, -0.1) is 11.3 Å². The van der Waals surface area contributed by atoms with Crippen LogP contribution in [0.2, 0.25) is 0 Å². The van der Waals surface area contributed by atoms with E-state index in [4.69, 9.17) is 4.98 Å². The van der Waals surface area contributed by atoms with Crippen molar-refractivity contribution in [1.29, 1.82) is 0 Å². The normalized spacial score (nSPS) is 14.4. The maximum absolute atomic E-state index is 13.4. The largest absolute Gasteiger partial charge is 0.292 e. The predicted octanol–water partition coefficient (Wildman–Crippen LogP) is 5.29. The third-order valence-electron chi connectivity index (χ3n) is 5.39. The zero-order valence-corrected chi connectivity index (χ0v) is 17.0. The molecule has 1 aliphatic rings. The van der Waals surface area contributed by atoms with Gasteiger partial charge in [-0.25, -0.2) is 4.98 Å². The molecule has 6 nitrogen and oxygen atoms in total. The highest BCUT2D eigenvalue weighted by Gasteiger charge is 2.24. The average Bonchev–Trinajstić information content (AvgIpc) is 3.30. The number of thiophene rings is 1. The van der Waals surface area contributed by atoms with Crippen molar-refractivity contribution in [2.75, 3.05) is 0 Å². The van der Waals surface area contributed by atoms with Crippen molar-refractivity contribution in [1.82, 2.24) is 9.55 Å². The second-order valence-corrected chi connectivity index (χ2v) is 8.44. The molecule has 0 saturated heterocycles. The van der Waals surface area contributed by atoms with Crippen LogP contribution < -0.4 is 5.56 Å². The van der Waals surface area contributed by atoms with E-state index >= 15 is 0 Å². The summed E-state index contributed by atoms with van der Waals surface area (Å²) in [5.74, 6) is 0.687. The molecule has 5 rings (SSSR count). The van der Waals surface area contributed by atoms with Crippen LogP contribution in [0.4, 0.5) is 5.69 Å². The fraction of sp³-hybridized carbons (Fsp3) is 0.130. The SMILES string of the molecule is Cc1sc2nc3n(c(=O)c2c1-c1ccccc1)CC/C3=C/c1ccc([N+](=O)[O-])cc1. The third kappa shape index (κ3) is 2.95. The summed E-state index contributed by atoms with van der Waals surface area (Å²) in [5, 5.41) is 11.5. The molecule has 0 N–H and O–H groups in total. The van der Waals surface area contributed by atoms with Crippen molar-refractivity contribution < 1.29 is 4.92 Å². The van der Waals surface area contributed by atoms with E-state index in [-0.39, 0.29) is 11.2 Å². The van der Waals surface area contributed by atoms with E-state index in [1.807, 2.05) is 43.3 Å². The number of allylic oxidation sites excluding steroid dienone is 1. The number of hydrogen-bond donors (Lipinski definition) is 0. The maximum atomic E-state index is 13.4. The molecule has 0 radical (unpaired) electrons. The van der Waals surface area contributed by atoms with E-state index in [1.165, 1.54) is 12.1 Å². The molecule has 0 spiro atoms. The predicted molar refractivity (Wildman–Crippen MR) is 120 cm³/mol. The lowest BCUT2D eigenvalue weighted by molar-refractivity contribution is -0.384. The Bertz CT molecular complexity index is 1380. The monoisotopic (exact) mass is 415 g/mol. The van der Waals surface area contributed by atoms with Crippen LogP contribution in [-0.4, -0.2) is 14.5 Å². The summed E-state index contributed by atoms with van der Waals surface area (Å²) < 4.78 is 1.75. The van der Waals surface area contributed by atoms with Crippen molar-refractivity contribution in [3.63, 3.8) is 0 Å². The Labute approximate surface area is 175 Å². The summed E-state index contributed by atoms with van der Waals surface area (Å²) in [4.78, 5) is 30.5. The van der Waals surface area contributed by atoms with Crippen LogP contribution in [0.15, 0.2) is 59.4 Å². The lowest BCUT2D eigenvalue weighted by Gasteiger charge is -2.05. The van der Waals surface area contributed by atoms with Gasteiger partial charge in [0.15, 0.2) is 0 Å². The summed E-state index contributed by atoms with van der Waals surface area (Å²) in [7, 11) is 0. The Morgan fingerprint density at radius 2 is 1.87 bits per heavy atom. The molecule has 0 fully saturated rings. The lowest BCUT2D eigenvalue weighted by Crippen LogP contribution is -2.20. The zero-order valence-electron chi connectivity index (χ0n) is 16.2. The van der Waals surface area contributed by atoms with Gasteiger partial charge in [0.05, 0.1) is 10.3 Å². The standard InChI is InChI=1S/C23H17N3O3S/c1-14-19(16-5-3-2-4-6-16)20-22(30-14)24-21-17(11-12-25(21)23(20)27)13-15-7-9-18(10-8-15)26(28)29/h2-10,13H,11-12H2,1H3/b17-13-. The third-order valence-corrected chi connectivity index (χ3v) is 6.39. The molecular weight excluding hydrogens is 398 g/mol. The first-order valence-corrected chi connectivity index (χ1v) is 10.4. The average molecular weight is 415 g/mol. The molecule has 0 atom stereocenters. The van der Waals surface area contributed by atoms with Crippen LogP contribution in [0.5, 0.6) is 0 Å². The van der Waals surface area contributed by atoms with Crippen LogP contribution in [0.3, 0.4) is 0 Å². The van der Waals surface area contributed by atoms with Crippen molar-refractivity contribution in [3.8, 4) is 11.1 Å². The fourth-order valence-electron chi connectivity index (χ4n) is 3.97. The number of nitro benzene ring substituents is 1. The number of aromatic nitrogens is 2. The van der Waals surface area contributed by atoms with Gasteiger partial charge in [0.25, 0.3) is 11.2 Å². The first kappa shape index (κ1) is 18.4. The minimum absolute atomic E-state index is 0.00898. The van der Waals surface area contributed by atoms with Crippen LogP contribution in [0.1, 0.15) is 22.7 Å². The molecule has 2 aromatic heterocycles. The van der Waals surface area contributed by atoms with Gasteiger partial charge in [-0.05, 0) is 48.3 Å². The molecule has 30 heavy (non-hydrogen) atoms. The quantitative estimate of drug-likeness (QED) is 0.337. The maximum Gasteiger partial charge on any atom is 0.269 e. The van der Waals surface area contributed by atoms with E-state index in [2.05, 4.69) is 0 Å². The minimum Gasteiger partial charge on any atom is -0.292 e. The van der Waals surface area contributed by atoms with Gasteiger partial charge in [-0.1, -0.05) is 30.3 Å². The van der Waals surface area contributed by atoms with Gasteiger partial charge in [0, 0.05) is 29.1 Å². The van der Waals surface area contributed by atoms with Gasteiger partial charge in [0.1, 0.15) is 10.7 Å². The summed E-state index contributed by atoms with van der Waals surface area (Å²) in [5.41, 5.74) is 3.87. The molecule has 4 aromatic rings. The molecule has 3 heterocycles. The van der Waals surface area contributed by atoms with Crippen LogP contribution >= 0.6 is 11.3 Å². The van der Waals surface area contributed by atoms with E-state index in [1.54, 1.807) is 28.0 Å². The fourth-order valence-corrected chi connectivity index (χ4v) is 5.01. The van der Waals surface area contributed by atoms with E-state index in [0.717, 1.165) is 32.0 Å². The van der Waals surface area contributed by atoms with Gasteiger partial charge >= 0.3 is 0 Å². The van der Waals surface area contributed by atoms with Crippen molar-refractivity contribution in [3.05, 3.63) is 91.3 Å². The summed E-state index contributed by atoms with van der Waals surface area (Å²) in [6.07, 6.45) is 2.66. The molecular formula is C23H17N3O3S. The Morgan fingerprint density at radius 3 is 2.57 bits per heavy atom. The number of rotatable bonds is 3. The van der Waals surface area contributed by atoms with Crippen molar-refractivity contribution >= 4 is 38.9 Å². The van der Waals surface area contributed by atoms with Crippen LogP contribution in [-0.2, 0) is 6.54 Å². The molecule has 148 valence electrons. The molecule has 2 aromatic carbocycles. The number of non-ortho nitro benzene ring substituents is 1. The molecule has 0 unspecified atom stereocenters. The highest BCUT2D eigenvalue weighted by atomic mass is 32.1. The number of hydrogen-bond acceptors (Lipinski definition) is 5. The number of fused-ring (bicyclic) bond motifs is 2. The first-order valence-electron chi connectivity index (χ1n) is 9.57. The number of benzene rings is 2. The molecule has 0 aliphatic carbocycles. The Balaban J connectivity index is 1.64. The summed E-state index contributed by atoms with van der Waals surface area (Å²) in [6, 6.07) is 16.4. The Hall–Kier alpha value is -3.58. The number of aryl methyl sites for hydroxylation is 1. The molecule has 7 heteroatoms. The topological polar surface area (TPSA) is 78.0 Å². The van der Waals surface area contributed by atoms with Gasteiger partial charge in [-0.3, -0.25) is 19.5 Å². The van der Waals surface area contributed by atoms with Gasteiger partial charge in [-0.2, -0.15) is 0 Å². The molecule has 1 aliphatic heterocycles. The highest BCUT2D eigenvalue weighted by Crippen LogP contribution is 2.37. The van der Waals surface area contributed by atoms with Crippen molar-refractivity contribution in [2.45, 2.75) is 19.9 Å². The minimum atomic E-state index is -0.414. The lowest BCUT2D eigenvalue weighted by atomic mass is 10.0.